The van der Waals surface area contributed by atoms with Crippen molar-refractivity contribution in [3.8, 4) is 5.75 Å². The van der Waals surface area contributed by atoms with Gasteiger partial charge in [0.25, 0.3) is 5.91 Å². The molecule has 0 spiro atoms. The third-order valence-electron chi connectivity index (χ3n) is 3.53. The minimum Gasteiger partial charge on any atom is -0.495 e. The van der Waals surface area contributed by atoms with Crippen molar-refractivity contribution in [3.05, 3.63) is 71.8 Å². The van der Waals surface area contributed by atoms with Crippen molar-refractivity contribution in [1.29, 1.82) is 0 Å². The molecule has 0 saturated heterocycles. The fourth-order valence-electron chi connectivity index (χ4n) is 2.22. The minimum atomic E-state index is -1.67. The number of carbonyl (C=O) groups excluding carboxylic acids is 1. The van der Waals surface area contributed by atoms with Gasteiger partial charge in [-0.2, -0.15) is 0 Å². The number of nitrogens with one attached hydrogen (secondary N) is 2. The van der Waals surface area contributed by atoms with Crippen LogP contribution in [0, 0.1) is 17.5 Å². The second kappa shape index (κ2) is 7.73. The fraction of sp³-hybridized carbons (Fsp3) is 0.0556. The third-order valence-corrected chi connectivity index (χ3v) is 3.53. The summed E-state index contributed by atoms with van der Waals surface area (Å²) in [5.74, 6) is -4.70. The van der Waals surface area contributed by atoms with Crippen molar-refractivity contribution in [2.24, 2.45) is 0 Å². The molecule has 1 amide bonds. The number of methoxy groups -OCH3 is 1. The van der Waals surface area contributed by atoms with Crippen LogP contribution in [0.25, 0.3) is 0 Å². The van der Waals surface area contributed by atoms with E-state index in [9.17, 15) is 18.0 Å². The molecule has 0 saturated carbocycles. The molecule has 138 valence electrons. The molecule has 9 heteroatoms. The summed E-state index contributed by atoms with van der Waals surface area (Å²) in [6, 6.07) is 9.93. The zero-order chi connectivity index (χ0) is 19.4. The van der Waals surface area contributed by atoms with Gasteiger partial charge in [-0.05, 0) is 30.3 Å². The highest BCUT2D eigenvalue weighted by Crippen LogP contribution is 2.25. The van der Waals surface area contributed by atoms with Crippen LogP contribution in [0.3, 0.4) is 0 Å². The van der Waals surface area contributed by atoms with Gasteiger partial charge >= 0.3 is 0 Å². The first-order valence-corrected chi connectivity index (χ1v) is 7.67. The average molecular weight is 374 g/mol. The van der Waals surface area contributed by atoms with Gasteiger partial charge in [-0.1, -0.05) is 12.1 Å². The molecule has 0 radical (unpaired) electrons. The van der Waals surface area contributed by atoms with Crippen molar-refractivity contribution in [1.82, 2.24) is 9.97 Å². The van der Waals surface area contributed by atoms with Gasteiger partial charge in [-0.25, -0.2) is 23.1 Å². The van der Waals surface area contributed by atoms with Crippen molar-refractivity contribution >= 4 is 23.2 Å². The van der Waals surface area contributed by atoms with E-state index >= 15 is 0 Å². The van der Waals surface area contributed by atoms with E-state index in [1.165, 1.54) is 19.4 Å². The predicted octanol–water partition coefficient (Wildman–Crippen LogP) is 3.90. The Morgan fingerprint density at radius 1 is 1.00 bits per heavy atom. The van der Waals surface area contributed by atoms with E-state index in [0.717, 1.165) is 6.07 Å². The molecule has 0 fully saturated rings. The molecule has 27 heavy (non-hydrogen) atoms. The number of nitrogens with zero attached hydrogens (tertiary/aromatic N) is 2. The van der Waals surface area contributed by atoms with Gasteiger partial charge in [-0.3, -0.25) is 4.79 Å². The number of para-hydroxylation sites is 2. The molecule has 0 aliphatic rings. The number of aromatic nitrogens is 2. The lowest BCUT2D eigenvalue weighted by atomic mass is 10.2. The molecular formula is C18H13F3N4O2. The highest BCUT2D eigenvalue weighted by Gasteiger charge is 2.17. The normalized spacial score (nSPS) is 10.4. The number of hydrogen-bond acceptors (Lipinski definition) is 5. The Kier molecular flexibility index (Phi) is 5.20. The molecule has 2 aromatic carbocycles. The summed E-state index contributed by atoms with van der Waals surface area (Å²) in [4.78, 5) is 20.3. The summed E-state index contributed by atoms with van der Waals surface area (Å²) < 4.78 is 45.2. The second-order valence-electron chi connectivity index (χ2n) is 5.27. The van der Waals surface area contributed by atoms with Crippen LogP contribution in [0.15, 0.2) is 48.7 Å². The summed E-state index contributed by atoms with van der Waals surface area (Å²) in [7, 11) is 1.50. The number of benzene rings is 2. The summed E-state index contributed by atoms with van der Waals surface area (Å²) in [6.07, 6.45) is 1.32. The topological polar surface area (TPSA) is 76.1 Å². The van der Waals surface area contributed by atoms with E-state index in [1.807, 2.05) is 0 Å². The molecule has 0 aliphatic heterocycles. The summed E-state index contributed by atoms with van der Waals surface area (Å²) in [5.41, 5.74) is -0.0347. The number of ether oxygens (including phenoxy) is 1. The molecule has 2 N–H and O–H groups in total. The van der Waals surface area contributed by atoms with Crippen LogP contribution in [0.1, 0.15) is 10.5 Å². The summed E-state index contributed by atoms with van der Waals surface area (Å²) in [5, 5.41) is 5.04. The van der Waals surface area contributed by atoms with E-state index in [1.54, 1.807) is 24.3 Å². The van der Waals surface area contributed by atoms with Crippen LogP contribution < -0.4 is 15.4 Å². The molecule has 0 unspecified atom stereocenters. The molecule has 1 aromatic heterocycles. The lowest BCUT2D eigenvalue weighted by molar-refractivity contribution is 0.102. The van der Waals surface area contributed by atoms with Crippen LogP contribution in [0.5, 0.6) is 5.75 Å². The number of hydrogen-bond donors (Lipinski definition) is 2. The molecular weight excluding hydrogens is 361 g/mol. The van der Waals surface area contributed by atoms with Crippen LogP contribution in [0.2, 0.25) is 0 Å². The molecule has 1 heterocycles. The van der Waals surface area contributed by atoms with E-state index in [4.69, 9.17) is 4.74 Å². The van der Waals surface area contributed by atoms with E-state index < -0.39 is 29.0 Å². The monoisotopic (exact) mass is 374 g/mol. The number of amides is 1. The molecule has 3 aromatic rings. The first-order valence-electron chi connectivity index (χ1n) is 7.67. The first-order chi connectivity index (χ1) is 13.0. The Hall–Kier alpha value is -3.62. The standard InChI is InChI=1S/C18H13F3N4O2/c1-27-14-5-3-2-4-11(14)24-18-22-9-8-13(25-18)17(26)23-12-7-6-10(19)15(20)16(12)21/h2-9H,1H3,(H,23,26)(H,22,24,25). The van der Waals surface area contributed by atoms with Gasteiger partial charge in [0, 0.05) is 6.20 Å². The van der Waals surface area contributed by atoms with Gasteiger partial charge in [0.15, 0.2) is 17.5 Å². The molecule has 6 nitrogen and oxygen atoms in total. The Bertz CT molecular complexity index is 998. The van der Waals surface area contributed by atoms with Crippen molar-refractivity contribution < 1.29 is 22.7 Å². The molecule has 0 atom stereocenters. The maximum Gasteiger partial charge on any atom is 0.274 e. The Morgan fingerprint density at radius 3 is 2.56 bits per heavy atom. The van der Waals surface area contributed by atoms with Gasteiger partial charge < -0.3 is 15.4 Å². The molecule has 3 rings (SSSR count). The molecule has 0 aliphatic carbocycles. The van der Waals surface area contributed by atoms with Crippen LogP contribution in [-0.4, -0.2) is 23.0 Å². The number of halogens is 3. The van der Waals surface area contributed by atoms with Crippen molar-refractivity contribution in [2.75, 3.05) is 17.7 Å². The van der Waals surface area contributed by atoms with E-state index in [2.05, 4.69) is 20.6 Å². The predicted molar refractivity (Wildman–Crippen MR) is 92.6 cm³/mol. The summed E-state index contributed by atoms with van der Waals surface area (Å²) in [6.45, 7) is 0. The lowest BCUT2D eigenvalue weighted by Crippen LogP contribution is -2.16. The number of carbonyl (C=O) groups is 1. The Labute approximate surface area is 152 Å². The van der Waals surface area contributed by atoms with Crippen LogP contribution in [0.4, 0.5) is 30.5 Å². The third kappa shape index (κ3) is 3.97. The summed E-state index contributed by atoms with van der Waals surface area (Å²) >= 11 is 0. The zero-order valence-electron chi connectivity index (χ0n) is 14.0. The van der Waals surface area contributed by atoms with E-state index in [0.29, 0.717) is 17.5 Å². The maximum atomic E-state index is 13.7. The smallest absolute Gasteiger partial charge is 0.274 e. The minimum absolute atomic E-state index is 0.0953. The Balaban J connectivity index is 1.81. The van der Waals surface area contributed by atoms with Gasteiger partial charge in [-0.15, -0.1) is 0 Å². The van der Waals surface area contributed by atoms with E-state index in [-0.39, 0.29) is 11.6 Å². The van der Waals surface area contributed by atoms with Gasteiger partial charge in [0.2, 0.25) is 5.95 Å². The fourth-order valence-corrected chi connectivity index (χ4v) is 2.22. The average Bonchev–Trinajstić information content (AvgIpc) is 2.69. The number of rotatable bonds is 5. The van der Waals surface area contributed by atoms with Gasteiger partial charge in [0.05, 0.1) is 18.5 Å². The second-order valence-corrected chi connectivity index (χ2v) is 5.27. The van der Waals surface area contributed by atoms with Crippen molar-refractivity contribution in [2.45, 2.75) is 0 Å². The first kappa shape index (κ1) is 18.2. The zero-order valence-corrected chi connectivity index (χ0v) is 14.0. The van der Waals surface area contributed by atoms with Crippen LogP contribution in [-0.2, 0) is 0 Å². The van der Waals surface area contributed by atoms with Crippen molar-refractivity contribution in [3.63, 3.8) is 0 Å². The number of anilines is 3. The quantitative estimate of drug-likeness (QED) is 0.663. The van der Waals surface area contributed by atoms with Gasteiger partial charge in [0.1, 0.15) is 11.4 Å². The highest BCUT2D eigenvalue weighted by molar-refractivity contribution is 6.03. The SMILES string of the molecule is COc1ccccc1Nc1nccc(C(=O)Nc2ccc(F)c(F)c2F)n1. The largest absolute Gasteiger partial charge is 0.495 e. The Morgan fingerprint density at radius 2 is 1.78 bits per heavy atom. The molecule has 0 bridgehead atoms. The highest BCUT2D eigenvalue weighted by atomic mass is 19.2. The lowest BCUT2D eigenvalue weighted by Gasteiger charge is -2.10. The maximum absolute atomic E-state index is 13.7. The van der Waals surface area contributed by atoms with Crippen LogP contribution >= 0.6 is 0 Å².